The smallest absolute Gasteiger partial charge is 0.335 e. The van der Waals surface area contributed by atoms with Gasteiger partial charge in [-0.15, -0.1) is 0 Å². The lowest BCUT2D eigenvalue weighted by atomic mass is 10.1. The molecule has 0 fully saturated rings. The van der Waals surface area contributed by atoms with Gasteiger partial charge in [-0.1, -0.05) is 6.07 Å². The number of halogens is 1. The highest BCUT2D eigenvalue weighted by atomic mass is 127. The summed E-state index contributed by atoms with van der Waals surface area (Å²) >= 11 is 2.27. The molecule has 19 heavy (non-hydrogen) atoms. The van der Waals surface area contributed by atoms with Gasteiger partial charge in [0.05, 0.1) is 5.56 Å². The van der Waals surface area contributed by atoms with E-state index in [1.165, 1.54) is 0 Å². The Morgan fingerprint density at radius 1 is 1.05 bits per heavy atom. The second-order valence-electron chi connectivity index (χ2n) is 4.42. The van der Waals surface area contributed by atoms with E-state index >= 15 is 0 Å². The van der Waals surface area contributed by atoms with Crippen LogP contribution in [0.25, 0.3) is 0 Å². The first kappa shape index (κ1) is 13.9. The van der Waals surface area contributed by atoms with Crippen LogP contribution in [-0.2, 0) is 0 Å². The molecule has 0 aromatic heterocycles. The Morgan fingerprint density at radius 2 is 1.79 bits per heavy atom. The molecule has 0 aliphatic rings. The molecule has 0 saturated carbocycles. The molecular weight excluding hydrogens is 353 g/mol. The van der Waals surface area contributed by atoms with Crippen LogP contribution >= 0.6 is 22.6 Å². The number of carboxylic acids is 1. The third-order valence-electron chi connectivity index (χ3n) is 2.94. The average molecular weight is 367 g/mol. The van der Waals surface area contributed by atoms with Crippen LogP contribution in [0.1, 0.15) is 21.5 Å². The lowest BCUT2D eigenvalue weighted by Gasteiger charge is -2.13. The van der Waals surface area contributed by atoms with Crippen LogP contribution in [0.5, 0.6) is 0 Å². The second kappa shape index (κ2) is 5.61. The van der Waals surface area contributed by atoms with Gasteiger partial charge in [0, 0.05) is 14.9 Å². The third-order valence-corrected chi connectivity index (χ3v) is 3.61. The minimum atomic E-state index is -0.903. The fraction of sp³-hybridized carbons (Fsp3) is 0.133. The summed E-state index contributed by atoms with van der Waals surface area (Å²) < 4.78 is 1.16. The van der Waals surface area contributed by atoms with E-state index in [-0.39, 0.29) is 0 Å². The summed E-state index contributed by atoms with van der Waals surface area (Å²) in [6, 6.07) is 11.3. The Labute approximate surface area is 125 Å². The summed E-state index contributed by atoms with van der Waals surface area (Å²) in [7, 11) is 0. The maximum absolute atomic E-state index is 10.9. The van der Waals surface area contributed by atoms with Gasteiger partial charge in [-0.3, -0.25) is 0 Å². The lowest BCUT2D eigenvalue weighted by molar-refractivity contribution is 0.0697. The van der Waals surface area contributed by atoms with Crippen LogP contribution in [0.4, 0.5) is 11.4 Å². The van der Waals surface area contributed by atoms with E-state index in [4.69, 9.17) is 5.11 Å². The van der Waals surface area contributed by atoms with Gasteiger partial charge in [-0.05, 0) is 77.9 Å². The largest absolute Gasteiger partial charge is 0.478 e. The highest BCUT2D eigenvalue weighted by molar-refractivity contribution is 14.1. The molecule has 2 rings (SSSR count). The first-order valence-corrected chi connectivity index (χ1v) is 6.92. The summed E-state index contributed by atoms with van der Waals surface area (Å²) in [5.74, 6) is -0.903. The highest BCUT2D eigenvalue weighted by Gasteiger charge is 2.07. The van der Waals surface area contributed by atoms with E-state index in [1.54, 1.807) is 18.2 Å². The van der Waals surface area contributed by atoms with Gasteiger partial charge in [0.2, 0.25) is 0 Å². The Balaban J connectivity index is 2.33. The van der Waals surface area contributed by atoms with Crippen LogP contribution in [0.15, 0.2) is 36.4 Å². The van der Waals surface area contributed by atoms with Crippen molar-refractivity contribution in [1.29, 1.82) is 0 Å². The van der Waals surface area contributed by atoms with Gasteiger partial charge in [0.15, 0.2) is 0 Å². The van der Waals surface area contributed by atoms with Crippen LogP contribution in [0, 0.1) is 17.4 Å². The Morgan fingerprint density at radius 3 is 2.42 bits per heavy atom. The zero-order valence-corrected chi connectivity index (χ0v) is 12.9. The van der Waals surface area contributed by atoms with E-state index in [0.29, 0.717) is 5.56 Å². The Bertz CT molecular complexity index is 638. The summed E-state index contributed by atoms with van der Waals surface area (Å²) in [6.07, 6.45) is 0. The second-order valence-corrected chi connectivity index (χ2v) is 5.66. The number of hydrogen-bond donors (Lipinski definition) is 2. The molecule has 3 nitrogen and oxygen atoms in total. The Kier molecular flexibility index (Phi) is 4.09. The molecule has 0 atom stereocenters. The number of aromatic carboxylic acids is 1. The average Bonchev–Trinajstić information content (AvgIpc) is 2.36. The number of rotatable bonds is 3. The monoisotopic (exact) mass is 367 g/mol. The van der Waals surface area contributed by atoms with Gasteiger partial charge in [0.25, 0.3) is 0 Å². The van der Waals surface area contributed by atoms with Gasteiger partial charge in [-0.2, -0.15) is 0 Å². The van der Waals surface area contributed by atoms with Crippen molar-refractivity contribution < 1.29 is 9.90 Å². The van der Waals surface area contributed by atoms with E-state index in [9.17, 15) is 4.79 Å². The third kappa shape index (κ3) is 3.26. The van der Waals surface area contributed by atoms with Gasteiger partial charge in [-0.25, -0.2) is 4.79 Å². The fourth-order valence-corrected chi connectivity index (χ4v) is 2.30. The number of hydrogen-bond acceptors (Lipinski definition) is 2. The number of aryl methyl sites for hydroxylation is 2. The maximum atomic E-state index is 10.9. The predicted molar refractivity (Wildman–Crippen MR) is 85.3 cm³/mol. The molecule has 4 heteroatoms. The van der Waals surface area contributed by atoms with Crippen molar-refractivity contribution in [2.45, 2.75) is 13.8 Å². The number of carboxylic acid groups (broad SMARTS) is 1. The predicted octanol–water partition coefficient (Wildman–Crippen LogP) is 4.35. The van der Waals surface area contributed by atoms with Gasteiger partial charge >= 0.3 is 5.97 Å². The minimum Gasteiger partial charge on any atom is -0.478 e. The molecular formula is C15H14INO2. The molecule has 2 N–H and O–H groups in total. The maximum Gasteiger partial charge on any atom is 0.335 e. The number of nitrogens with one attached hydrogen (secondary N) is 1. The molecule has 0 spiro atoms. The first-order valence-electron chi connectivity index (χ1n) is 5.84. The molecule has 0 amide bonds. The summed E-state index contributed by atoms with van der Waals surface area (Å²) in [5.41, 5.74) is 4.34. The molecule has 98 valence electrons. The molecule has 0 aliphatic heterocycles. The molecule has 2 aromatic rings. The van der Waals surface area contributed by atoms with E-state index in [2.05, 4.69) is 46.1 Å². The topological polar surface area (TPSA) is 49.3 Å². The number of benzene rings is 2. The number of carbonyl (C=O) groups is 1. The van der Waals surface area contributed by atoms with Gasteiger partial charge in [0.1, 0.15) is 0 Å². The summed E-state index contributed by atoms with van der Waals surface area (Å²) in [4.78, 5) is 10.9. The molecule has 0 radical (unpaired) electrons. The first-order chi connectivity index (χ1) is 8.97. The highest BCUT2D eigenvalue weighted by Crippen LogP contribution is 2.25. The van der Waals surface area contributed by atoms with Crippen LogP contribution in [-0.4, -0.2) is 11.1 Å². The zero-order chi connectivity index (χ0) is 14.0. The number of anilines is 2. The molecule has 0 bridgehead atoms. The van der Waals surface area contributed by atoms with E-state index < -0.39 is 5.97 Å². The van der Waals surface area contributed by atoms with Crippen molar-refractivity contribution in [3.05, 3.63) is 56.7 Å². The normalized spacial score (nSPS) is 10.3. The van der Waals surface area contributed by atoms with Crippen molar-refractivity contribution in [1.82, 2.24) is 0 Å². The van der Waals surface area contributed by atoms with Crippen molar-refractivity contribution in [3.8, 4) is 0 Å². The fourth-order valence-electron chi connectivity index (χ4n) is 1.81. The molecule has 0 unspecified atom stereocenters. The SMILES string of the molecule is Cc1cc(C(=O)O)ccc1Nc1cc(I)ccc1C. The molecule has 0 heterocycles. The molecule has 0 aliphatic carbocycles. The summed E-state index contributed by atoms with van der Waals surface area (Å²) in [6.45, 7) is 3.94. The van der Waals surface area contributed by atoms with E-state index in [1.807, 2.05) is 13.8 Å². The van der Waals surface area contributed by atoms with Crippen molar-refractivity contribution >= 4 is 39.9 Å². The van der Waals surface area contributed by atoms with Crippen LogP contribution < -0.4 is 5.32 Å². The van der Waals surface area contributed by atoms with Crippen molar-refractivity contribution in [2.24, 2.45) is 0 Å². The minimum absolute atomic E-state index is 0.308. The summed E-state index contributed by atoms with van der Waals surface area (Å²) in [5, 5.41) is 12.3. The molecule has 2 aromatic carbocycles. The van der Waals surface area contributed by atoms with Gasteiger partial charge < -0.3 is 10.4 Å². The molecule has 0 saturated heterocycles. The lowest BCUT2D eigenvalue weighted by Crippen LogP contribution is -2.00. The van der Waals surface area contributed by atoms with Crippen LogP contribution in [0.2, 0.25) is 0 Å². The standard InChI is InChI=1S/C15H14INO2/c1-9-3-5-12(16)8-14(9)17-13-6-4-11(15(18)19)7-10(13)2/h3-8,17H,1-2H3,(H,18,19). The van der Waals surface area contributed by atoms with Crippen molar-refractivity contribution in [2.75, 3.05) is 5.32 Å². The van der Waals surface area contributed by atoms with Crippen molar-refractivity contribution in [3.63, 3.8) is 0 Å². The van der Waals surface area contributed by atoms with Crippen LogP contribution in [0.3, 0.4) is 0 Å². The zero-order valence-electron chi connectivity index (χ0n) is 10.7. The van der Waals surface area contributed by atoms with E-state index in [0.717, 1.165) is 26.1 Å². The quantitative estimate of drug-likeness (QED) is 0.793. The Hall–Kier alpha value is -1.56.